The molecule has 1 heterocycles. The summed E-state index contributed by atoms with van der Waals surface area (Å²) >= 11 is 1.82. The molecule has 0 aromatic heterocycles. The van der Waals surface area contributed by atoms with E-state index in [2.05, 4.69) is 25.5 Å². The first kappa shape index (κ1) is 21.7. The van der Waals surface area contributed by atoms with E-state index in [9.17, 15) is 13.2 Å². The molecule has 0 spiro atoms. The molecule has 0 bridgehead atoms. The van der Waals surface area contributed by atoms with E-state index < -0.39 is 10.0 Å². The number of carbonyl (C=O) groups excluding carboxylic acids is 1. The van der Waals surface area contributed by atoms with Gasteiger partial charge >= 0.3 is 0 Å². The second-order valence-corrected chi connectivity index (χ2v) is 11.2. The van der Waals surface area contributed by atoms with E-state index in [0.717, 1.165) is 22.6 Å². The van der Waals surface area contributed by atoms with E-state index in [-0.39, 0.29) is 16.2 Å². The molecular formula is C22H28N2O3S2. The predicted octanol–water partition coefficient (Wildman–Crippen LogP) is 4.28. The zero-order valence-electron chi connectivity index (χ0n) is 17.4. The number of nitrogens with one attached hydrogen (secondary N) is 1. The third kappa shape index (κ3) is 4.95. The monoisotopic (exact) mass is 432 g/mol. The molecule has 1 N–H and O–H groups in total. The van der Waals surface area contributed by atoms with Gasteiger partial charge in [0.1, 0.15) is 0 Å². The van der Waals surface area contributed by atoms with E-state index in [1.165, 1.54) is 0 Å². The Morgan fingerprint density at radius 1 is 1.03 bits per heavy atom. The lowest BCUT2D eigenvalue weighted by molar-refractivity contribution is 0.0773. The summed E-state index contributed by atoms with van der Waals surface area (Å²) in [4.78, 5) is 15.0. The number of hydrogen-bond donors (Lipinski definition) is 1. The summed E-state index contributed by atoms with van der Waals surface area (Å²) in [5.41, 5.74) is 2.48. The Hall–Kier alpha value is -1.99. The fourth-order valence-corrected chi connectivity index (χ4v) is 5.30. The molecule has 1 amide bonds. The topological polar surface area (TPSA) is 66.5 Å². The Morgan fingerprint density at radius 3 is 2.24 bits per heavy atom. The van der Waals surface area contributed by atoms with Crippen molar-refractivity contribution in [2.45, 2.75) is 38.0 Å². The quantitative estimate of drug-likeness (QED) is 0.783. The summed E-state index contributed by atoms with van der Waals surface area (Å²) < 4.78 is 28.7. The maximum atomic E-state index is 13.0. The van der Waals surface area contributed by atoms with Gasteiger partial charge in [-0.3, -0.25) is 9.52 Å². The summed E-state index contributed by atoms with van der Waals surface area (Å²) in [5, 5.41) is 0. The zero-order chi connectivity index (χ0) is 21.2. The van der Waals surface area contributed by atoms with Gasteiger partial charge in [0, 0.05) is 24.6 Å². The van der Waals surface area contributed by atoms with Crippen LogP contribution in [-0.2, 0) is 15.4 Å². The maximum Gasteiger partial charge on any atom is 0.261 e. The van der Waals surface area contributed by atoms with Crippen LogP contribution in [0.4, 0.5) is 5.69 Å². The Bertz CT molecular complexity index is 988. The maximum absolute atomic E-state index is 13.0. The molecule has 3 rings (SSSR count). The van der Waals surface area contributed by atoms with E-state index >= 15 is 0 Å². The number of rotatable bonds is 4. The number of benzene rings is 2. The van der Waals surface area contributed by atoms with E-state index in [0.29, 0.717) is 24.3 Å². The van der Waals surface area contributed by atoms with Crippen molar-refractivity contribution in [1.82, 2.24) is 4.90 Å². The van der Waals surface area contributed by atoms with Crippen LogP contribution in [0.5, 0.6) is 0 Å². The van der Waals surface area contributed by atoms with Crippen LogP contribution >= 0.6 is 11.8 Å². The number of amides is 1. The number of nitrogens with zero attached hydrogens (tertiary/aromatic N) is 1. The third-order valence-corrected chi connectivity index (χ3v) is 7.38. The molecule has 0 radical (unpaired) electrons. The number of anilines is 1. The lowest BCUT2D eigenvalue weighted by atomic mass is 9.87. The average Bonchev–Trinajstić information content (AvgIpc) is 2.69. The van der Waals surface area contributed by atoms with Gasteiger partial charge in [-0.2, -0.15) is 11.8 Å². The highest BCUT2D eigenvalue weighted by atomic mass is 32.2. The van der Waals surface area contributed by atoms with Gasteiger partial charge in [-0.15, -0.1) is 0 Å². The lowest BCUT2D eigenvalue weighted by Crippen LogP contribution is -2.38. The van der Waals surface area contributed by atoms with Gasteiger partial charge in [-0.05, 0) is 41.7 Å². The Labute approximate surface area is 177 Å². The van der Waals surface area contributed by atoms with E-state index in [1.807, 2.05) is 36.9 Å². The highest BCUT2D eigenvalue weighted by molar-refractivity contribution is 7.99. The molecule has 0 atom stereocenters. The highest BCUT2D eigenvalue weighted by Crippen LogP contribution is 2.28. The molecule has 1 aliphatic rings. The molecule has 5 nitrogen and oxygen atoms in total. The Morgan fingerprint density at radius 2 is 1.66 bits per heavy atom. The second kappa shape index (κ2) is 8.40. The molecule has 7 heteroatoms. The SMILES string of the molecule is Cc1cccc(C(=O)N2CCSCC2)c1NS(=O)(=O)c1ccc(C(C)(C)C)cc1. The van der Waals surface area contributed by atoms with Crippen LogP contribution < -0.4 is 4.72 Å². The standard InChI is InChI=1S/C22H28N2O3S2/c1-16-6-5-7-19(21(25)24-12-14-28-15-13-24)20(16)23-29(26,27)18-10-8-17(9-11-18)22(2,3)4/h5-11,23H,12-15H2,1-4H3. The number of aryl methyl sites for hydroxylation is 1. The van der Waals surface area contributed by atoms with Crippen LogP contribution in [0.15, 0.2) is 47.4 Å². The summed E-state index contributed by atoms with van der Waals surface area (Å²) in [6.07, 6.45) is 0. The van der Waals surface area contributed by atoms with Gasteiger partial charge in [0.15, 0.2) is 0 Å². The third-order valence-electron chi connectivity index (χ3n) is 5.07. The number of thioether (sulfide) groups is 1. The molecule has 1 saturated heterocycles. The van der Waals surface area contributed by atoms with Crippen LogP contribution in [-0.4, -0.2) is 43.8 Å². The predicted molar refractivity (Wildman–Crippen MR) is 120 cm³/mol. The molecule has 1 fully saturated rings. The first-order chi connectivity index (χ1) is 13.6. The van der Waals surface area contributed by atoms with Crippen molar-refractivity contribution in [2.75, 3.05) is 29.3 Å². The average molecular weight is 433 g/mol. The summed E-state index contributed by atoms with van der Waals surface area (Å²) in [5.74, 6) is 1.67. The molecule has 2 aromatic carbocycles. The summed E-state index contributed by atoms with van der Waals surface area (Å²) in [6.45, 7) is 9.41. The largest absolute Gasteiger partial charge is 0.337 e. The van der Waals surface area contributed by atoms with Crippen molar-refractivity contribution < 1.29 is 13.2 Å². The molecule has 0 saturated carbocycles. The number of para-hydroxylation sites is 1. The number of hydrogen-bond acceptors (Lipinski definition) is 4. The van der Waals surface area contributed by atoms with Crippen molar-refractivity contribution in [3.05, 3.63) is 59.2 Å². The van der Waals surface area contributed by atoms with E-state index in [1.54, 1.807) is 29.2 Å². The minimum atomic E-state index is -3.81. The van der Waals surface area contributed by atoms with Crippen LogP contribution in [0.2, 0.25) is 0 Å². The first-order valence-electron chi connectivity index (χ1n) is 9.69. The van der Waals surface area contributed by atoms with Gasteiger partial charge in [-0.1, -0.05) is 45.0 Å². The van der Waals surface area contributed by atoms with Crippen molar-refractivity contribution in [3.8, 4) is 0 Å². The van der Waals surface area contributed by atoms with Gasteiger partial charge in [-0.25, -0.2) is 8.42 Å². The molecule has 2 aromatic rings. The minimum Gasteiger partial charge on any atom is -0.337 e. The van der Waals surface area contributed by atoms with Crippen LogP contribution in [0.1, 0.15) is 42.3 Å². The smallest absolute Gasteiger partial charge is 0.261 e. The minimum absolute atomic E-state index is 0.0575. The summed E-state index contributed by atoms with van der Waals surface area (Å²) in [6, 6.07) is 12.2. The molecular weight excluding hydrogens is 404 g/mol. The van der Waals surface area contributed by atoms with Gasteiger partial charge in [0.05, 0.1) is 16.1 Å². The normalized spacial score (nSPS) is 15.2. The molecule has 156 valence electrons. The van der Waals surface area contributed by atoms with Crippen molar-refractivity contribution >= 4 is 33.4 Å². The molecule has 1 aliphatic heterocycles. The zero-order valence-corrected chi connectivity index (χ0v) is 19.0. The number of carbonyl (C=O) groups is 1. The van der Waals surface area contributed by atoms with Crippen LogP contribution in [0, 0.1) is 6.92 Å². The fraction of sp³-hybridized carbons (Fsp3) is 0.409. The molecule has 0 unspecified atom stereocenters. The Kier molecular flexibility index (Phi) is 6.29. The van der Waals surface area contributed by atoms with Gasteiger partial charge in [0.25, 0.3) is 15.9 Å². The summed E-state index contributed by atoms with van der Waals surface area (Å²) in [7, 11) is -3.81. The van der Waals surface area contributed by atoms with Gasteiger partial charge in [0.2, 0.25) is 0 Å². The second-order valence-electron chi connectivity index (χ2n) is 8.28. The first-order valence-corrected chi connectivity index (χ1v) is 12.3. The Balaban J connectivity index is 1.92. The van der Waals surface area contributed by atoms with Crippen LogP contribution in [0.25, 0.3) is 0 Å². The van der Waals surface area contributed by atoms with Crippen molar-refractivity contribution in [2.24, 2.45) is 0 Å². The van der Waals surface area contributed by atoms with E-state index in [4.69, 9.17) is 0 Å². The van der Waals surface area contributed by atoms with Crippen molar-refractivity contribution in [3.63, 3.8) is 0 Å². The highest BCUT2D eigenvalue weighted by Gasteiger charge is 2.25. The lowest BCUT2D eigenvalue weighted by Gasteiger charge is -2.27. The van der Waals surface area contributed by atoms with Crippen LogP contribution in [0.3, 0.4) is 0 Å². The fourth-order valence-electron chi connectivity index (χ4n) is 3.25. The molecule has 29 heavy (non-hydrogen) atoms. The number of sulfonamides is 1. The van der Waals surface area contributed by atoms with Crippen molar-refractivity contribution in [1.29, 1.82) is 0 Å². The molecule has 0 aliphatic carbocycles. The van der Waals surface area contributed by atoms with Gasteiger partial charge < -0.3 is 4.90 Å².